The number of aliphatic imine (C=N–C) groups is 1. The minimum absolute atomic E-state index is 0.0347. The predicted octanol–water partition coefficient (Wildman–Crippen LogP) is 2.68. The summed E-state index contributed by atoms with van der Waals surface area (Å²) in [5.41, 5.74) is 1.89. The summed E-state index contributed by atoms with van der Waals surface area (Å²) in [6.07, 6.45) is 5.14. The molecule has 1 heterocycles. The van der Waals surface area contributed by atoms with Crippen LogP contribution in [0, 0.1) is 11.5 Å². The molecule has 0 radical (unpaired) electrons. The Kier molecular flexibility index (Phi) is 4.68. The number of benzene rings is 1. The van der Waals surface area contributed by atoms with Gasteiger partial charge in [-0.2, -0.15) is 5.26 Å². The lowest BCUT2D eigenvalue weighted by Gasteiger charge is -2.17. The fraction of sp³-hybridized carbons (Fsp3) is 0.133. The summed E-state index contributed by atoms with van der Waals surface area (Å²) in [6, 6.07) is 13.7. The molecule has 2 rings (SSSR count). The van der Waals surface area contributed by atoms with Gasteiger partial charge >= 0.3 is 0 Å². The Morgan fingerprint density at radius 3 is 2.70 bits per heavy atom. The van der Waals surface area contributed by atoms with E-state index in [2.05, 4.69) is 20.6 Å². The van der Waals surface area contributed by atoms with Gasteiger partial charge in [-0.05, 0) is 24.6 Å². The molecule has 0 aliphatic heterocycles. The molecule has 2 N–H and O–H groups in total. The molecule has 5 heteroatoms. The second-order valence-electron chi connectivity index (χ2n) is 4.20. The van der Waals surface area contributed by atoms with Gasteiger partial charge in [0.05, 0.1) is 17.9 Å². The number of rotatable bonds is 3. The molecular formula is C15H15N5. The zero-order valence-electron chi connectivity index (χ0n) is 11.1. The fourth-order valence-electron chi connectivity index (χ4n) is 1.75. The fourth-order valence-corrected chi connectivity index (χ4v) is 1.75. The van der Waals surface area contributed by atoms with E-state index in [4.69, 9.17) is 5.26 Å². The summed E-state index contributed by atoms with van der Waals surface area (Å²) in [6.45, 7) is 2.01. The number of anilines is 1. The third-order valence-electron chi connectivity index (χ3n) is 2.74. The second kappa shape index (κ2) is 6.90. The summed E-state index contributed by atoms with van der Waals surface area (Å²) in [5.74, 6) is 0.400. The van der Waals surface area contributed by atoms with Crippen LogP contribution in [0.1, 0.15) is 18.5 Å². The van der Waals surface area contributed by atoms with Crippen LogP contribution >= 0.6 is 0 Å². The van der Waals surface area contributed by atoms with E-state index in [0.717, 1.165) is 11.3 Å². The minimum atomic E-state index is 0.0347. The number of aromatic nitrogens is 1. The third-order valence-corrected chi connectivity index (χ3v) is 2.74. The Labute approximate surface area is 118 Å². The number of pyridine rings is 1. The first-order chi connectivity index (χ1) is 9.79. The highest BCUT2D eigenvalue weighted by Crippen LogP contribution is 2.11. The zero-order chi connectivity index (χ0) is 14.2. The average molecular weight is 265 g/mol. The molecule has 0 bridgehead atoms. The normalized spacial score (nSPS) is 12.3. The second-order valence-corrected chi connectivity index (χ2v) is 4.20. The molecule has 0 aliphatic rings. The monoisotopic (exact) mass is 265 g/mol. The Morgan fingerprint density at radius 2 is 2.05 bits per heavy atom. The van der Waals surface area contributed by atoms with Crippen LogP contribution in [0.4, 0.5) is 5.69 Å². The maximum absolute atomic E-state index is 8.77. The molecule has 20 heavy (non-hydrogen) atoms. The van der Waals surface area contributed by atoms with Crippen LogP contribution in [0.5, 0.6) is 0 Å². The first kappa shape index (κ1) is 13.6. The molecule has 0 aliphatic carbocycles. The van der Waals surface area contributed by atoms with Gasteiger partial charge in [-0.15, -0.1) is 4.99 Å². The molecule has 0 saturated carbocycles. The van der Waals surface area contributed by atoms with E-state index in [1.165, 1.54) is 0 Å². The van der Waals surface area contributed by atoms with Crippen LogP contribution in [-0.2, 0) is 0 Å². The summed E-state index contributed by atoms with van der Waals surface area (Å²) >= 11 is 0. The molecular weight excluding hydrogens is 250 g/mol. The minimum Gasteiger partial charge on any atom is -0.349 e. The van der Waals surface area contributed by atoms with E-state index in [1.807, 2.05) is 49.4 Å². The molecule has 0 unspecified atom stereocenters. The number of hydrogen-bond donors (Lipinski definition) is 2. The van der Waals surface area contributed by atoms with E-state index in [1.54, 1.807) is 18.6 Å². The third kappa shape index (κ3) is 3.82. The molecule has 1 atom stereocenters. The molecule has 1 aromatic carbocycles. The van der Waals surface area contributed by atoms with Crippen molar-refractivity contribution in [3.63, 3.8) is 0 Å². The van der Waals surface area contributed by atoms with Crippen LogP contribution in [0.25, 0.3) is 0 Å². The predicted molar refractivity (Wildman–Crippen MR) is 78.9 cm³/mol. The summed E-state index contributed by atoms with van der Waals surface area (Å²) < 4.78 is 0. The molecule has 0 fully saturated rings. The van der Waals surface area contributed by atoms with Gasteiger partial charge in [0.1, 0.15) is 0 Å². The summed E-state index contributed by atoms with van der Waals surface area (Å²) in [4.78, 5) is 7.76. The number of nitriles is 1. The lowest BCUT2D eigenvalue weighted by Crippen LogP contribution is -2.32. The van der Waals surface area contributed by atoms with Crippen molar-refractivity contribution in [2.75, 3.05) is 5.32 Å². The van der Waals surface area contributed by atoms with E-state index >= 15 is 0 Å². The highest BCUT2D eigenvalue weighted by molar-refractivity contribution is 5.94. The highest BCUT2D eigenvalue weighted by atomic mass is 15.2. The van der Waals surface area contributed by atoms with Crippen LogP contribution in [0.2, 0.25) is 0 Å². The van der Waals surface area contributed by atoms with Crippen molar-refractivity contribution in [1.82, 2.24) is 10.3 Å². The van der Waals surface area contributed by atoms with Crippen molar-refractivity contribution in [1.29, 1.82) is 5.26 Å². The summed E-state index contributed by atoms with van der Waals surface area (Å²) in [5, 5.41) is 15.0. The smallest absolute Gasteiger partial charge is 0.212 e. The van der Waals surface area contributed by atoms with Crippen LogP contribution in [0.3, 0.4) is 0 Å². The molecule has 2 aromatic rings. The molecule has 100 valence electrons. The van der Waals surface area contributed by atoms with Crippen molar-refractivity contribution in [2.24, 2.45) is 4.99 Å². The van der Waals surface area contributed by atoms with E-state index in [-0.39, 0.29) is 6.04 Å². The number of hydrogen-bond acceptors (Lipinski definition) is 3. The topological polar surface area (TPSA) is 73.1 Å². The lowest BCUT2D eigenvalue weighted by molar-refractivity contribution is 0.715. The van der Waals surface area contributed by atoms with Crippen molar-refractivity contribution < 1.29 is 0 Å². The number of nitrogens with zero attached hydrogens (tertiary/aromatic N) is 3. The highest BCUT2D eigenvalue weighted by Gasteiger charge is 2.08. The Bertz CT molecular complexity index is 601. The van der Waals surface area contributed by atoms with Crippen molar-refractivity contribution in [2.45, 2.75) is 13.0 Å². The van der Waals surface area contributed by atoms with E-state index in [0.29, 0.717) is 5.96 Å². The van der Waals surface area contributed by atoms with E-state index in [9.17, 15) is 0 Å². The number of nitrogens with one attached hydrogen (secondary N) is 2. The van der Waals surface area contributed by atoms with Gasteiger partial charge in [0.25, 0.3) is 0 Å². The molecule has 0 saturated heterocycles. The van der Waals surface area contributed by atoms with Crippen LogP contribution in [0.15, 0.2) is 59.9 Å². The Balaban J connectivity index is 2.07. The van der Waals surface area contributed by atoms with Gasteiger partial charge in [-0.1, -0.05) is 30.3 Å². The number of guanidine groups is 1. The quantitative estimate of drug-likeness (QED) is 0.508. The van der Waals surface area contributed by atoms with Gasteiger partial charge in [0, 0.05) is 6.20 Å². The van der Waals surface area contributed by atoms with Gasteiger partial charge < -0.3 is 10.6 Å². The van der Waals surface area contributed by atoms with Gasteiger partial charge in [0.15, 0.2) is 0 Å². The first-order valence-electron chi connectivity index (χ1n) is 6.25. The molecule has 5 nitrogen and oxygen atoms in total. The SMILES string of the molecule is C[C@@H](N/C(=N/C#N)Nc1cccnc1)c1ccccc1. The maximum atomic E-state index is 8.77. The van der Waals surface area contributed by atoms with Gasteiger partial charge in [-0.25, -0.2) is 0 Å². The zero-order valence-corrected chi connectivity index (χ0v) is 11.1. The van der Waals surface area contributed by atoms with Crippen molar-refractivity contribution in [3.8, 4) is 6.19 Å². The summed E-state index contributed by atoms with van der Waals surface area (Å²) in [7, 11) is 0. The largest absolute Gasteiger partial charge is 0.349 e. The van der Waals surface area contributed by atoms with Gasteiger partial charge in [-0.3, -0.25) is 4.98 Å². The molecule has 1 aromatic heterocycles. The van der Waals surface area contributed by atoms with Crippen molar-refractivity contribution >= 4 is 11.6 Å². The average Bonchev–Trinajstić information content (AvgIpc) is 2.49. The Morgan fingerprint density at radius 1 is 1.25 bits per heavy atom. The molecule has 0 spiro atoms. The Hall–Kier alpha value is -2.87. The van der Waals surface area contributed by atoms with Gasteiger partial charge in [0.2, 0.25) is 12.2 Å². The van der Waals surface area contributed by atoms with Crippen LogP contribution < -0.4 is 10.6 Å². The maximum Gasteiger partial charge on any atom is 0.212 e. The van der Waals surface area contributed by atoms with Crippen molar-refractivity contribution in [3.05, 3.63) is 60.4 Å². The standard InChI is InChI=1S/C15H15N5/c1-12(13-6-3-2-4-7-13)19-15(18-11-16)20-14-8-5-9-17-10-14/h2-10,12H,1H3,(H2,18,19,20)/t12-/m1/s1. The van der Waals surface area contributed by atoms with Crippen LogP contribution in [-0.4, -0.2) is 10.9 Å². The van der Waals surface area contributed by atoms with E-state index < -0.39 is 0 Å². The first-order valence-corrected chi connectivity index (χ1v) is 6.25. The lowest BCUT2D eigenvalue weighted by atomic mass is 10.1. The molecule has 0 amide bonds.